The van der Waals surface area contributed by atoms with Crippen LogP contribution in [0.1, 0.15) is 5.69 Å². The molecule has 0 spiro atoms. The molecule has 2 heterocycles. The van der Waals surface area contributed by atoms with Crippen LogP contribution in [-0.4, -0.2) is 15.4 Å². The van der Waals surface area contributed by atoms with Gasteiger partial charge in [0.05, 0.1) is 0 Å². The Morgan fingerprint density at radius 1 is 1.36 bits per heavy atom. The average molecular weight is 148 g/mol. The predicted molar refractivity (Wildman–Crippen MR) is 41.2 cm³/mol. The monoisotopic (exact) mass is 148 g/mol. The smallest absolute Gasteiger partial charge is 0.256 e. The second kappa shape index (κ2) is 2.32. The van der Waals surface area contributed by atoms with Crippen LogP contribution < -0.4 is 4.90 Å². The minimum absolute atomic E-state index is 0.856. The highest BCUT2D eigenvalue weighted by molar-refractivity contribution is 5.40. The second-order valence-electron chi connectivity index (χ2n) is 2.35. The maximum Gasteiger partial charge on any atom is 0.327 e. The molecule has 1 aliphatic heterocycles. The Bertz CT molecular complexity index is 298. The van der Waals surface area contributed by atoms with E-state index in [0.29, 0.717) is 0 Å². The van der Waals surface area contributed by atoms with Crippen LogP contribution >= 0.6 is 0 Å². The summed E-state index contributed by atoms with van der Waals surface area (Å²) in [4.78, 5) is 1.92. The average Bonchev–Trinajstić information content (AvgIpc) is 2.55. The summed E-state index contributed by atoms with van der Waals surface area (Å²) in [6, 6.07) is 0. The molecule has 0 saturated carbocycles. The molecular weight excluding hydrogens is 140 g/mol. The molecule has 55 valence electrons. The van der Waals surface area contributed by atoms with Gasteiger partial charge in [-0.15, -0.1) is 0 Å². The number of allylic oxidation sites excluding steroid dienone is 2. The first-order valence-corrected chi connectivity index (χ1v) is 3.39. The van der Waals surface area contributed by atoms with E-state index in [1.165, 1.54) is 0 Å². The molecule has 1 aromatic heterocycles. The number of aromatic amines is 1. The zero-order chi connectivity index (χ0) is 7.68. The Morgan fingerprint density at radius 2 is 2.09 bits per heavy atom. The summed E-state index contributed by atoms with van der Waals surface area (Å²) in [5, 5.41) is 10.4. The lowest BCUT2D eigenvalue weighted by molar-refractivity contribution is 0.851. The van der Waals surface area contributed by atoms with Crippen LogP contribution in [0.4, 0.5) is 5.82 Å². The van der Waals surface area contributed by atoms with Gasteiger partial charge in [-0.3, -0.25) is 5.10 Å². The molecule has 0 bridgehead atoms. The summed E-state index contributed by atoms with van der Waals surface area (Å²) in [5.74, 6) is 0.856. The number of H-pyrrole nitrogens is 1. The van der Waals surface area contributed by atoms with Crippen LogP contribution in [0.5, 0.6) is 0 Å². The van der Waals surface area contributed by atoms with Crippen molar-refractivity contribution in [3.8, 4) is 0 Å². The molecule has 1 aromatic rings. The van der Waals surface area contributed by atoms with E-state index < -0.39 is 0 Å². The number of aryl methyl sites for hydroxylation is 1. The minimum atomic E-state index is 0.856. The maximum atomic E-state index is 3.92. The lowest BCUT2D eigenvalue weighted by atomic mass is 10.4. The van der Waals surface area contributed by atoms with Crippen molar-refractivity contribution in [1.82, 2.24) is 20.3 Å². The molecule has 1 N–H and O–H groups in total. The fraction of sp³-hybridized carbons (Fsp3) is 0.143. The van der Waals surface area contributed by atoms with Gasteiger partial charge in [-0.25, -0.2) is 0 Å². The molecule has 0 aromatic carbocycles. The van der Waals surface area contributed by atoms with E-state index in [-0.39, 0.29) is 0 Å². The summed E-state index contributed by atoms with van der Waals surface area (Å²) in [6.07, 6.45) is 7.78. The van der Waals surface area contributed by atoms with Crippen molar-refractivity contribution in [3.63, 3.8) is 0 Å². The van der Waals surface area contributed by atoms with Crippen molar-refractivity contribution >= 4 is 5.82 Å². The van der Waals surface area contributed by atoms with E-state index in [1.807, 2.05) is 36.4 Å². The highest BCUT2D eigenvalue weighted by Crippen LogP contribution is 2.15. The Hall–Kier alpha value is -1.42. The first-order valence-electron chi connectivity index (χ1n) is 3.39. The third-order valence-corrected chi connectivity index (χ3v) is 1.55. The lowest BCUT2D eigenvalue weighted by Gasteiger charge is -1.90. The third kappa shape index (κ3) is 0.969. The van der Waals surface area contributed by atoms with Crippen molar-refractivity contribution in [3.05, 3.63) is 30.2 Å². The molecule has 0 amide bonds. The van der Waals surface area contributed by atoms with Gasteiger partial charge in [-0.2, -0.15) is 0 Å². The van der Waals surface area contributed by atoms with Gasteiger partial charge in [0.2, 0.25) is 0 Å². The summed E-state index contributed by atoms with van der Waals surface area (Å²) in [7, 11) is 0. The Kier molecular flexibility index (Phi) is 1.33. The van der Waals surface area contributed by atoms with Gasteiger partial charge in [0, 0.05) is 12.2 Å². The Balaban J connectivity index is 2.36. The van der Waals surface area contributed by atoms with E-state index in [0.717, 1.165) is 11.5 Å². The molecule has 1 radical (unpaired) electrons. The quantitative estimate of drug-likeness (QED) is 0.602. The fourth-order valence-electron chi connectivity index (χ4n) is 0.993. The highest BCUT2D eigenvalue weighted by Gasteiger charge is 2.21. The predicted octanol–water partition coefficient (Wildman–Crippen LogP) is 0.926. The fourth-order valence-corrected chi connectivity index (χ4v) is 0.993. The molecule has 0 unspecified atom stereocenters. The van der Waals surface area contributed by atoms with Crippen molar-refractivity contribution < 1.29 is 0 Å². The van der Waals surface area contributed by atoms with Gasteiger partial charge in [0.15, 0.2) is 12.4 Å². The van der Waals surface area contributed by atoms with Gasteiger partial charge >= 0.3 is 5.82 Å². The molecule has 4 nitrogen and oxygen atoms in total. The largest absolute Gasteiger partial charge is 0.327 e. The zero-order valence-electron chi connectivity index (χ0n) is 6.15. The maximum absolute atomic E-state index is 3.92. The van der Waals surface area contributed by atoms with Crippen LogP contribution in [0, 0.1) is 6.92 Å². The van der Waals surface area contributed by atoms with Gasteiger partial charge < -0.3 is 0 Å². The molecule has 4 heteroatoms. The van der Waals surface area contributed by atoms with Crippen LogP contribution in [0.15, 0.2) is 24.6 Å². The van der Waals surface area contributed by atoms with Gasteiger partial charge in [0.25, 0.3) is 0 Å². The normalized spacial score (nSPS) is 16.5. The van der Waals surface area contributed by atoms with Crippen molar-refractivity contribution in [2.75, 3.05) is 0 Å². The van der Waals surface area contributed by atoms with Gasteiger partial charge in [-0.1, -0.05) is 15.2 Å². The topological polar surface area (TPSA) is 47.5 Å². The molecule has 11 heavy (non-hydrogen) atoms. The van der Waals surface area contributed by atoms with Crippen molar-refractivity contribution in [2.45, 2.75) is 6.92 Å². The highest BCUT2D eigenvalue weighted by atomic mass is 15.4. The molecular formula is C7H8N4+. The summed E-state index contributed by atoms with van der Waals surface area (Å²) in [6.45, 7) is 1.94. The standard InChI is InChI=1S/C7H8N4/c1-6-7(9-10-8-6)11-4-2-3-5-11/h2-5H,1H3,(H,8,9,10)/q+1. The molecule has 0 aliphatic carbocycles. The minimum Gasteiger partial charge on any atom is -0.256 e. The van der Waals surface area contributed by atoms with Crippen LogP contribution in [-0.2, 0) is 0 Å². The van der Waals surface area contributed by atoms with E-state index >= 15 is 0 Å². The van der Waals surface area contributed by atoms with Gasteiger partial charge in [-0.05, 0) is 6.92 Å². The van der Waals surface area contributed by atoms with Gasteiger partial charge in [0.1, 0.15) is 5.69 Å². The second-order valence-corrected chi connectivity index (χ2v) is 2.35. The van der Waals surface area contributed by atoms with E-state index in [2.05, 4.69) is 15.4 Å². The molecule has 1 aliphatic rings. The molecule has 0 fully saturated rings. The number of hydrogen-bond donors (Lipinski definition) is 1. The van der Waals surface area contributed by atoms with Crippen LogP contribution in [0.3, 0.4) is 0 Å². The van der Waals surface area contributed by atoms with Crippen LogP contribution in [0.2, 0.25) is 0 Å². The van der Waals surface area contributed by atoms with Crippen molar-refractivity contribution in [1.29, 1.82) is 0 Å². The lowest BCUT2D eigenvalue weighted by Crippen LogP contribution is -2.06. The van der Waals surface area contributed by atoms with E-state index in [4.69, 9.17) is 0 Å². The summed E-state index contributed by atoms with van der Waals surface area (Å²) < 4.78 is 0. The number of aromatic nitrogens is 3. The first-order chi connectivity index (χ1) is 5.38. The van der Waals surface area contributed by atoms with E-state index in [9.17, 15) is 0 Å². The molecule has 0 atom stereocenters. The van der Waals surface area contributed by atoms with E-state index in [1.54, 1.807) is 0 Å². The van der Waals surface area contributed by atoms with Crippen molar-refractivity contribution in [2.24, 2.45) is 0 Å². The SMILES string of the molecule is Cc1[nH]nnc1[N+]1C=CC=C1. The Labute approximate surface area is 64.2 Å². The number of rotatable bonds is 1. The Morgan fingerprint density at radius 3 is 2.64 bits per heavy atom. The third-order valence-electron chi connectivity index (χ3n) is 1.55. The van der Waals surface area contributed by atoms with Crippen LogP contribution in [0.25, 0.3) is 0 Å². The number of nitrogens with one attached hydrogen (secondary N) is 1. The molecule has 0 saturated heterocycles. The number of nitrogens with zero attached hydrogens (tertiary/aromatic N) is 3. The summed E-state index contributed by atoms with van der Waals surface area (Å²) in [5.41, 5.74) is 0.973. The number of hydrogen-bond acceptors (Lipinski definition) is 3. The molecule has 2 rings (SSSR count). The zero-order valence-corrected chi connectivity index (χ0v) is 6.15. The first kappa shape index (κ1) is 6.30. The number of anilines is 1. The summed E-state index contributed by atoms with van der Waals surface area (Å²) >= 11 is 0.